The smallest absolute Gasteiger partial charge is 0.230 e. The van der Waals surface area contributed by atoms with Crippen LogP contribution in [0.15, 0.2) is 37.1 Å². The lowest BCUT2D eigenvalue weighted by molar-refractivity contribution is -0.125. The monoisotopic (exact) mass is 272 g/mol. The van der Waals surface area contributed by atoms with Gasteiger partial charge in [-0.3, -0.25) is 4.79 Å². The van der Waals surface area contributed by atoms with Crippen molar-refractivity contribution < 1.29 is 9.53 Å². The minimum absolute atomic E-state index is 0.0267. The maximum absolute atomic E-state index is 12.3. The molecule has 4 nitrogen and oxygen atoms in total. The number of amides is 1. The zero-order valence-electron chi connectivity index (χ0n) is 12.1. The lowest BCUT2D eigenvalue weighted by atomic mass is 9.83. The van der Waals surface area contributed by atoms with E-state index in [9.17, 15) is 4.79 Å². The summed E-state index contributed by atoms with van der Waals surface area (Å²) < 4.78 is 5.26. The molecule has 2 aromatic rings. The zero-order chi connectivity index (χ0) is 14.8. The third-order valence-electron chi connectivity index (χ3n) is 3.54. The van der Waals surface area contributed by atoms with E-state index in [0.717, 1.165) is 22.2 Å². The summed E-state index contributed by atoms with van der Waals surface area (Å²) in [6.07, 6.45) is 3.56. The molecule has 2 N–H and O–H groups in total. The first-order valence-electron chi connectivity index (χ1n) is 6.55. The molecule has 0 saturated heterocycles. The Kier molecular flexibility index (Phi) is 3.84. The molecule has 20 heavy (non-hydrogen) atoms. The summed E-state index contributed by atoms with van der Waals surface area (Å²) >= 11 is 0. The van der Waals surface area contributed by atoms with Crippen molar-refractivity contribution in [3.63, 3.8) is 0 Å². The number of carbonyl (C=O) groups excluding carboxylic acids is 1. The Morgan fingerprint density at radius 3 is 2.90 bits per heavy atom. The van der Waals surface area contributed by atoms with Crippen molar-refractivity contribution in [3.05, 3.63) is 42.6 Å². The minimum Gasteiger partial charge on any atom is -0.497 e. The second-order valence-corrected chi connectivity index (χ2v) is 5.24. The molecule has 0 spiro atoms. The van der Waals surface area contributed by atoms with Crippen molar-refractivity contribution in [2.45, 2.75) is 19.3 Å². The molecular weight excluding hydrogens is 252 g/mol. The van der Waals surface area contributed by atoms with Gasteiger partial charge < -0.3 is 15.0 Å². The second-order valence-electron chi connectivity index (χ2n) is 5.24. The normalized spacial score (nSPS) is 11.3. The summed E-state index contributed by atoms with van der Waals surface area (Å²) in [5.41, 5.74) is 1.31. The SMILES string of the molecule is C=CCNC(=O)C(C)(C)c1c[nH]c2ccc(OC)cc12. The van der Waals surface area contributed by atoms with E-state index in [-0.39, 0.29) is 5.91 Å². The maximum Gasteiger partial charge on any atom is 0.230 e. The Morgan fingerprint density at radius 2 is 2.25 bits per heavy atom. The Hall–Kier alpha value is -2.23. The van der Waals surface area contributed by atoms with Crippen LogP contribution in [0.25, 0.3) is 10.9 Å². The molecule has 0 aliphatic rings. The first-order chi connectivity index (χ1) is 9.50. The van der Waals surface area contributed by atoms with E-state index in [1.54, 1.807) is 13.2 Å². The highest BCUT2D eigenvalue weighted by Gasteiger charge is 2.31. The quantitative estimate of drug-likeness (QED) is 0.822. The number of aromatic nitrogens is 1. The van der Waals surface area contributed by atoms with Crippen LogP contribution in [0.5, 0.6) is 5.75 Å². The molecule has 1 amide bonds. The van der Waals surface area contributed by atoms with Crippen LogP contribution in [0.3, 0.4) is 0 Å². The van der Waals surface area contributed by atoms with Crippen molar-refractivity contribution in [1.82, 2.24) is 10.3 Å². The van der Waals surface area contributed by atoms with Crippen LogP contribution >= 0.6 is 0 Å². The Morgan fingerprint density at radius 1 is 1.50 bits per heavy atom. The lowest BCUT2D eigenvalue weighted by Gasteiger charge is -2.23. The van der Waals surface area contributed by atoms with Gasteiger partial charge in [0.15, 0.2) is 0 Å². The number of H-pyrrole nitrogens is 1. The van der Waals surface area contributed by atoms with E-state index in [0.29, 0.717) is 6.54 Å². The Labute approximate surface area is 118 Å². The van der Waals surface area contributed by atoms with Crippen molar-refractivity contribution in [2.24, 2.45) is 0 Å². The van der Waals surface area contributed by atoms with Crippen molar-refractivity contribution in [2.75, 3.05) is 13.7 Å². The third kappa shape index (κ3) is 2.41. The molecule has 0 aliphatic heterocycles. The third-order valence-corrected chi connectivity index (χ3v) is 3.54. The molecular formula is C16H20N2O2. The van der Waals surface area contributed by atoms with Gasteiger partial charge in [0, 0.05) is 23.6 Å². The number of benzene rings is 1. The fourth-order valence-corrected chi connectivity index (χ4v) is 2.25. The topological polar surface area (TPSA) is 54.1 Å². The van der Waals surface area contributed by atoms with Gasteiger partial charge in [0.05, 0.1) is 12.5 Å². The number of methoxy groups -OCH3 is 1. The van der Waals surface area contributed by atoms with Crippen molar-refractivity contribution >= 4 is 16.8 Å². The molecule has 106 valence electrons. The van der Waals surface area contributed by atoms with Crippen LogP contribution in [-0.4, -0.2) is 24.5 Å². The van der Waals surface area contributed by atoms with Gasteiger partial charge in [0.1, 0.15) is 5.75 Å². The first kappa shape index (κ1) is 14.2. The van der Waals surface area contributed by atoms with Gasteiger partial charge in [-0.05, 0) is 37.6 Å². The highest BCUT2D eigenvalue weighted by molar-refractivity contribution is 5.95. The first-order valence-corrected chi connectivity index (χ1v) is 6.55. The van der Waals surface area contributed by atoms with E-state index in [4.69, 9.17) is 4.74 Å². The highest BCUT2D eigenvalue weighted by Crippen LogP contribution is 2.32. The predicted octanol–water partition coefficient (Wildman–Crippen LogP) is 2.76. The molecule has 1 aromatic carbocycles. The molecule has 0 fully saturated rings. The van der Waals surface area contributed by atoms with E-state index >= 15 is 0 Å². The van der Waals surface area contributed by atoms with E-state index in [2.05, 4.69) is 16.9 Å². The zero-order valence-corrected chi connectivity index (χ0v) is 12.1. The van der Waals surface area contributed by atoms with E-state index < -0.39 is 5.41 Å². The Balaban J connectivity index is 2.45. The summed E-state index contributed by atoms with van der Waals surface area (Å²) in [4.78, 5) is 15.5. The Bertz CT molecular complexity index is 641. The van der Waals surface area contributed by atoms with Gasteiger partial charge in [0.2, 0.25) is 5.91 Å². The molecule has 0 aliphatic carbocycles. The fourth-order valence-electron chi connectivity index (χ4n) is 2.25. The van der Waals surface area contributed by atoms with Crippen LogP contribution in [0.2, 0.25) is 0 Å². The van der Waals surface area contributed by atoms with Crippen LogP contribution in [0, 0.1) is 0 Å². The maximum atomic E-state index is 12.3. The number of hydrogen-bond acceptors (Lipinski definition) is 2. The van der Waals surface area contributed by atoms with Crippen LogP contribution in [-0.2, 0) is 10.2 Å². The van der Waals surface area contributed by atoms with Crippen LogP contribution in [0.1, 0.15) is 19.4 Å². The van der Waals surface area contributed by atoms with Crippen LogP contribution < -0.4 is 10.1 Å². The fraction of sp³-hybridized carbons (Fsp3) is 0.312. The van der Waals surface area contributed by atoms with Gasteiger partial charge in [-0.25, -0.2) is 0 Å². The summed E-state index contributed by atoms with van der Waals surface area (Å²) in [7, 11) is 1.63. The van der Waals surface area contributed by atoms with Gasteiger partial charge in [0.25, 0.3) is 0 Å². The summed E-state index contributed by atoms with van der Waals surface area (Å²) in [5.74, 6) is 0.752. The molecule has 1 heterocycles. The summed E-state index contributed by atoms with van der Waals surface area (Å²) in [6.45, 7) is 7.90. The number of carbonyl (C=O) groups is 1. The molecule has 0 saturated carbocycles. The second kappa shape index (κ2) is 5.41. The summed E-state index contributed by atoms with van der Waals surface area (Å²) in [5, 5.41) is 3.85. The average molecular weight is 272 g/mol. The number of rotatable bonds is 5. The average Bonchev–Trinajstić information content (AvgIpc) is 2.87. The van der Waals surface area contributed by atoms with Gasteiger partial charge >= 0.3 is 0 Å². The molecule has 0 unspecified atom stereocenters. The highest BCUT2D eigenvalue weighted by atomic mass is 16.5. The standard InChI is InChI=1S/C16H20N2O2/c1-5-8-17-15(19)16(2,3)13-10-18-14-7-6-11(20-4)9-12(13)14/h5-7,9-10,18H,1,8H2,2-4H3,(H,17,19). The van der Waals surface area contributed by atoms with Crippen molar-refractivity contribution in [3.8, 4) is 5.75 Å². The molecule has 2 rings (SSSR count). The molecule has 4 heteroatoms. The molecule has 0 bridgehead atoms. The van der Waals surface area contributed by atoms with Gasteiger partial charge in [-0.2, -0.15) is 0 Å². The number of ether oxygens (including phenoxy) is 1. The molecule has 1 aromatic heterocycles. The largest absolute Gasteiger partial charge is 0.497 e. The molecule has 0 radical (unpaired) electrons. The van der Waals surface area contributed by atoms with E-state index in [1.807, 2.05) is 38.2 Å². The number of hydrogen-bond donors (Lipinski definition) is 2. The van der Waals surface area contributed by atoms with Crippen molar-refractivity contribution in [1.29, 1.82) is 0 Å². The van der Waals surface area contributed by atoms with E-state index in [1.165, 1.54) is 0 Å². The minimum atomic E-state index is -0.631. The van der Waals surface area contributed by atoms with Gasteiger partial charge in [-0.1, -0.05) is 6.08 Å². The van der Waals surface area contributed by atoms with Gasteiger partial charge in [-0.15, -0.1) is 6.58 Å². The number of fused-ring (bicyclic) bond motifs is 1. The van der Waals surface area contributed by atoms with Crippen LogP contribution in [0.4, 0.5) is 0 Å². The molecule has 0 atom stereocenters. The lowest BCUT2D eigenvalue weighted by Crippen LogP contribution is -2.40. The number of nitrogens with one attached hydrogen (secondary N) is 2. The number of aromatic amines is 1. The predicted molar refractivity (Wildman–Crippen MR) is 81.1 cm³/mol. The summed E-state index contributed by atoms with van der Waals surface area (Å²) in [6, 6.07) is 5.80.